The summed E-state index contributed by atoms with van der Waals surface area (Å²) < 4.78 is 0. The molecule has 1 nitrogen and oxygen atoms in total. The molecule has 3 fully saturated rings. The van der Waals surface area contributed by atoms with E-state index in [4.69, 9.17) is 0 Å². The van der Waals surface area contributed by atoms with E-state index in [2.05, 4.69) is 5.32 Å². The largest absolute Gasteiger partial charge is 0.312 e. The van der Waals surface area contributed by atoms with E-state index in [0.717, 1.165) is 17.4 Å². The van der Waals surface area contributed by atoms with E-state index in [1.807, 2.05) is 0 Å². The molecule has 3 aliphatic rings. The van der Waals surface area contributed by atoms with Crippen LogP contribution in [0.3, 0.4) is 0 Å². The predicted octanol–water partition coefficient (Wildman–Crippen LogP) is 0.368. The van der Waals surface area contributed by atoms with Gasteiger partial charge in [0.2, 0.25) is 0 Å². The number of hydrogen-bond donors (Lipinski definition) is 1. The van der Waals surface area contributed by atoms with Crippen LogP contribution in [0.1, 0.15) is 12.8 Å². The van der Waals surface area contributed by atoms with Crippen molar-refractivity contribution in [1.29, 1.82) is 0 Å². The van der Waals surface area contributed by atoms with Gasteiger partial charge in [-0.15, -0.1) is 0 Å². The summed E-state index contributed by atoms with van der Waals surface area (Å²) >= 11 is 0. The molecule has 1 aliphatic heterocycles. The minimum Gasteiger partial charge on any atom is -0.312 e. The van der Waals surface area contributed by atoms with Gasteiger partial charge in [-0.05, 0) is 18.8 Å². The Morgan fingerprint density at radius 1 is 1.57 bits per heavy atom. The van der Waals surface area contributed by atoms with Gasteiger partial charge in [-0.2, -0.15) is 0 Å². The van der Waals surface area contributed by atoms with E-state index < -0.39 is 0 Å². The maximum Gasteiger partial charge on any atom is 0.0174 e. The van der Waals surface area contributed by atoms with Crippen LogP contribution in [-0.2, 0) is 0 Å². The van der Waals surface area contributed by atoms with Crippen molar-refractivity contribution >= 4 is 0 Å². The summed E-state index contributed by atoms with van der Waals surface area (Å²) in [5.41, 5.74) is 0.917. The van der Waals surface area contributed by atoms with Crippen LogP contribution in [0.25, 0.3) is 0 Å². The van der Waals surface area contributed by atoms with Crippen molar-refractivity contribution < 1.29 is 0 Å². The van der Waals surface area contributed by atoms with E-state index in [0.29, 0.717) is 0 Å². The molecule has 3 atom stereocenters. The summed E-state index contributed by atoms with van der Waals surface area (Å²) in [6, 6.07) is 1.01. The fourth-order valence-corrected chi connectivity index (χ4v) is 2.43. The van der Waals surface area contributed by atoms with Gasteiger partial charge in [0.15, 0.2) is 0 Å². The SMILES string of the molecule is C1CC23CNC2[C@H]13. The highest BCUT2D eigenvalue weighted by molar-refractivity contribution is 5.29. The minimum absolute atomic E-state index is 0.917. The van der Waals surface area contributed by atoms with Crippen molar-refractivity contribution in [3.8, 4) is 0 Å². The molecule has 1 N–H and O–H groups in total. The van der Waals surface area contributed by atoms with Gasteiger partial charge in [0, 0.05) is 18.0 Å². The van der Waals surface area contributed by atoms with Gasteiger partial charge < -0.3 is 5.32 Å². The summed E-state index contributed by atoms with van der Waals surface area (Å²) in [6.07, 6.45) is 3.06. The third-order valence-corrected chi connectivity index (χ3v) is 3.22. The summed E-state index contributed by atoms with van der Waals surface area (Å²) in [5, 5.41) is 3.44. The molecule has 1 saturated heterocycles. The Hall–Kier alpha value is -0.0400. The second-order valence-electron chi connectivity index (χ2n) is 3.24. The van der Waals surface area contributed by atoms with Gasteiger partial charge >= 0.3 is 0 Å². The first-order chi connectivity index (χ1) is 3.43. The van der Waals surface area contributed by atoms with Gasteiger partial charge in [0.1, 0.15) is 0 Å². The number of rotatable bonds is 0. The van der Waals surface area contributed by atoms with Crippen molar-refractivity contribution in [2.24, 2.45) is 11.3 Å². The van der Waals surface area contributed by atoms with E-state index >= 15 is 0 Å². The standard InChI is InChI=1S/C6H9N/c1-2-6-3-7-5(6)4(1)6/h4-5,7H,1-3H2/t4-,5?,6?/m0/s1. The van der Waals surface area contributed by atoms with Crippen LogP contribution in [0.15, 0.2) is 0 Å². The predicted molar refractivity (Wildman–Crippen MR) is 26.9 cm³/mol. The topological polar surface area (TPSA) is 12.0 Å². The molecule has 0 radical (unpaired) electrons. The Bertz CT molecular complexity index is 114. The number of hydrogen-bond acceptors (Lipinski definition) is 1. The van der Waals surface area contributed by atoms with Gasteiger partial charge in [-0.25, -0.2) is 0 Å². The third-order valence-electron chi connectivity index (χ3n) is 3.22. The fourth-order valence-electron chi connectivity index (χ4n) is 2.43. The summed E-state index contributed by atoms with van der Waals surface area (Å²) in [4.78, 5) is 0. The van der Waals surface area contributed by atoms with E-state index in [-0.39, 0.29) is 0 Å². The first-order valence-corrected chi connectivity index (χ1v) is 3.17. The number of fused-ring (bicyclic) bond motifs is 1. The molecule has 1 heterocycles. The Balaban J connectivity index is 2.08. The van der Waals surface area contributed by atoms with Crippen LogP contribution in [0, 0.1) is 11.3 Å². The van der Waals surface area contributed by atoms with Gasteiger partial charge in [0.05, 0.1) is 0 Å². The highest BCUT2D eigenvalue weighted by Gasteiger charge is 2.75. The lowest BCUT2D eigenvalue weighted by Crippen LogP contribution is -2.42. The van der Waals surface area contributed by atoms with Crippen molar-refractivity contribution in [2.75, 3.05) is 6.54 Å². The molecule has 1 spiro atoms. The fraction of sp³-hybridized carbons (Fsp3) is 1.00. The van der Waals surface area contributed by atoms with Gasteiger partial charge in [-0.1, -0.05) is 0 Å². The van der Waals surface area contributed by atoms with Crippen LogP contribution in [0.5, 0.6) is 0 Å². The van der Waals surface area contributed by atoms with Gasteiger partial charge in [-0.3, -0.25) is 0 Å². The maximum absolute atomic E-state index is 3.44. The number of nitrogens with one attached hydrogen (secondary N) is 1. The van der Waals surface area contributed by atoms with Crippen molar-refractivity contribution in [3.05, 3.63) is 0 Å². The molecule has 0 amide bonds. The van der Waals surface area contributed by atoms with E-state index in [1.165, 1.54) is 19.4 Å². The molecule has 2 saturated carbocycles. The lowest BCUT2D eigenvalue weighted by molar-refractivity contribution is 0.240. The van der Waals surface area contributed by atoms with Crippen molar-refractivity contribution in [1.82, 2.24) is 5.32 Å². The highest BCUT2D eigenvalue weighted by Crippen LogP contribution is 2.71. The lowest BCUT2D eigenvalue weighted by atomic mass is 9.83. The van der Waals surface area contributed by atoms with Crippen LogP contribution in [0.4, 0.5) is 0 Å². The van der Waals surface area contributed by atoms with Crippen molar-refractivity contribution in [3.63, 3.8) is 0 Å². The molecule has 2 unspecified atom stereocenters. The normalized spacial score (nSPS) is 72.0. The Labute approximate surface area is 43.1 Å². The lowest BCUT2D eigenvalue weighted by Gasteiger charge is -2.29. The molecule has 0 aromatic carbocycles. The zero-order valence-corrected chi connectivity index (χ0v) is 4.28. The zero-order valence-electron chi connectivity index (χ0n) is 4.28. The first kappa shape index (κ1) is 3.08. The zero-order chi connectivity index (χ0) is 4.48. The average Bonchev–Trinajstić information content (AvgIpc) is 1.75. The molecule has 7 heavy (non-hydrogen) atoms. The second kappa shape index (κ2) is 0.576. The Morgan fingerprint density at radius 3 is 2.57 bits per heavy atom. The first-order valence-electron chi connectivity index (χ1n) is 3.17. The quantitative estimate of drug-likeness (QED) is 0.458. The van der Waals surface area contributed by atoms with Crippen LogP contribution >= 0.6 is 0 Å². The molecule has 0 aromatic rings. The molecule has 38 valence electrons. The summed E-state index contributed by atoms with van der Waals surface area (Å²) in [7, 11) is 0. The second-order valence-corrected chi connectivity index (χ2v) is 3.24. The van der Waals surface area contributed by atoms with Gasteiger partial charge in [0.25, 0.3) is 0 Å². The van der Waals surface area contributed by atoms with E-state index in [9.17, 15) is 0 Å². The molecular weight excluding hydrogens is 86.1 g/mol. The Morgan fingerprint density at radius 2 is 2.57 bits per heavy atom. The molecule has 0 bridgehead atoms. The van der Waals surface area contributed by atoms with Crippen LogP contribution in [0.2, 0.25) is 0 Å². The van der Waals surface area contributed by atoms with Crippen LogP contribution < -0.4 is 5.32 Å². The molecule has 1 heteroatoms. The monoisotopic (exact) mass is 95.1 g/mol. The summed E-state index contributed by atoms with van der Waals surface area (Å²) in [6.45, 7) is 1.35. The minimum atomic E-state index is 0.917. The highest BCUT2D eigenvalue weighted by atomic mass is 15.2. The summed E-state index contributed by atoms with van der Waals surface area (Å²) in [5.74, 6) is 1.15. The molecular formula is C6H9N. The molecule has 3 rings (SSSR count). The smallest absolute Gasteiger partial charge is 0.0174 e. The average molecular weight is 95.1 g/mol. The van der Waals surface area contributed by atoms with Crippen LogP contribution in [-0.4, -0.2) is 12.6 Å². The molecule has 0 aromatic heterocycles. The third kappa shape index (κ3) is 0.139. The van der Waals surface area contributed by atoms with E-state index in [1.54, 1.807) is 0 Å². The Kier molecular flexibility index (Phi) is 0.253. The maximum atomic E-state index is 3.44. The molecule has 2 aliphatic carbocycles. The van der Waals surface area contributed by atoms with Crippen molar-refractivity contribution in [2.45, 2.75) is 18.9 Å².